The zero-order valence-electron chi connectivity index (χ0n) is 12.4. The van der Waals surface area contributed by atoms with Crippen LogP contribution in [0.5, 0.6) is 0 Å². The summed E-state index contributed by atoms with van der Waals surface area (Å²) in [5.74, 6) is 2.78. The molecule has 1 aromatic rings. The van der Waals surface area contributed by atoms with Crippen LogP contribution < -0.4 is 10.6 Å². The molecule has 0 radical (unpaired) electrons. The summed E-state index contributed by atoms with van der Waals surface area (Å²) in [6, 6.07) is 1.20. The van der Waals surface area contributed by atoms with Crippen molar-refractivity contribution >= 4 is 5.96 Å². The number of nitrogens with one attached hydrogen (secondary N) is 2. The molecule has 2 aliphatic rings. The maximum absolute atomic E-state index is 4.68. The molecule has 0 aliphatic heterocycles. The number of rotatable bonds is 4. The first-order valence-electron chi connectivity index (χ1n) is 7.65. The van der Waals surface area contributed by atoms with Crippen LogP contribution in [0.15, 0.2) is 4.99 Å². The zero-order chi connectivity index (χ0) is 13.9. The highest BCUT2D eigenvalue weighted by molar-refractivity contribution is 5.80. The quantitative estimate of drug-likeness (QED) is 0.642. The minimum absolute atomic E-state index is 0.576. The maximum atomic E-state index is 4.68. The number of aryl methyl sites for hydroxylation is 1. The van der Waals surface area contributed by atoms with Crippen molar-refractivity contribution in [3.05, 3.63) is 11.6 Å². The van der Waals surface area contributed by atoms with Gasteiger partial charge < -0.3 is 15.2 Å². The third kappa shape index (κ3) is 3.29. The molecular weight excluding hydrogens is 252 g/mol. The van der Waals surface area contributed by atoms with Gasteiger partial charge in [0.25, 0.3) is 0 Å². The van der Waals surface area contributed by atoms with Crippen LogP contribution in [0.1, 0.15) is 50.2 Å². The van der Waals surface area contributed by atoms with Gasteiger partial charge in [-0.05, 0) is 32.6 Å². The van der Waals surface area contributed by atoms with Gasteiger partial charge in [-0.3, -0.25) is 0 Å². The van der Waals surface area contributed by atoms with Crippen molar-refractivity contribution in [1.29, 1.82) is 0 Å². The first-order valence-corrected chi connectivity index (χ1v) is 7.65. The van der Waals surface area contributed by atoms with Crippen molar-refractivity contribution in [2.75, 3.05) is 0 Å². The number of hydrogen-bond acceptors (Lipinski definition) is 3. The standard InChI is InChI=1S/C14H24N6/c1-10-18-19-13(20(10)2)9-15-14(17-12-7-8-12)16-11-5-3-4-6-11/h11-12H,3-9H2,1-2H3,(H2,15,16,17). The Labute approximate surface area is 120 Å². The van der Waals surface area contributed by atoms with Crippen LogP contribution in [0.25, 0.3) is 0 Å². The molecule has 2 N–H and O–H groups in total. The summed E-state index contributed by atoms with van der Waals surface area (Å²) in [5, 5.41) is 15.3. The predicted molar refractivity (Wildman–Crippen MR) is 78.4 cm³/mol. The van der Waals surface area contributed by atoms with E-state index in [4.69, 9.17) is 0 Å². The third-order valence-electron chi connectivity index (χ3n) is 4.18. The highest BCUT2D eigenvalue weighted by atomic mass is 15.3. The van der Waals surface area contributed by atoms with E-state index >= 15 is 0 Å². The van der Waals surface area contributed by atoms with Gasteiger partial charge in [0, 0.05) is 19.1 Å². The van der Waals surface area contributed by atoms with Crippen LogP contribution in [-0.2, 0) is 13.6 Å². The largest absolute Gasteiger partial charge is 0.354 e. The van der Waals surface area contributed by atoms with E-state index in [2.05, 4.69) is 25.8 Å². The van der Waals surface area contributed by atoms with Crippen molar-refractivity contribution in [3.8, 4) is 0 Å². The van der Waals surface area contributed by atoms with Crippen LogP contribution in [0.3, 0.4) is 0 Å². The lowest BCUT2D eigenvalue weighted by atomic mass is 10.2. The fourth-order valence-corrected chi connectivity index (χ4v) is 2.56. The van der Waals surface area contributed by atoms with E-state index in [0.717, 1.165) is 17.6 Å². The Kier molecular flexibility index (Phi) is 3.89. The second-order valence-electron chi connectivity index (χ2n) is 5.93. The third-order valence-corrected chi connectivity index (χ3v) is 4.18. The minimum atomic E-state index is 0.576. The second-order valence-corrected chi connectivity index (χ2v) is 5.93. The Morgan fingerprint density at radius 2 is 1.80 bits per heavy atom. The monoisotopic (exact) mass is 276 g/mol. The molecule has 0 bridgehead atoms. The van der Waals surface area contributed by atoms with Gasteiger partial charge in [-0.25, -0.2) is 4.99 Å². The SMILES string of the molecule is Cc1nnc(CN=C(NC2CCCC2)NC2CC2)n1C. The van der Waals surface area contributed by atoms with E-state index in [-0.39, 0.29) is 0 Å². The van der Waals surface area contributed by atoms with Gasteiger partial charge in [0.2, 0.25) is 0 Å². The van der Waals surface area contributed by atoms with Crippen molar-refractivity contribution in [2.45, 2.75) is 64.1 Å². The molecule has 0 atom stereocenters. The molecule has 1 heterocycles. The Balaban J connectivity index is 1.63. The predicted octanol–water partition coefficient (Wildman–Crippen LogP) is 1.26. The van der Waals surface area contributed by atoms with Crippen LogP contribution in [0.4, 0.5) is 0 Å². The fourth-order valence-electron chi connectivity index (χ4n) is 2.56. The van der Waals surface area contributed by atoms with Gasteiger partial charge in [-0.2, -0.15) is 0 Å². The van der Waals surface area contributed by atoms with E-state index < -0.39 is 0 Å². The van der Waals surface area contributed by atoms with E-state index in [0.29, 0.717) is 18.6 Å². The number of guanidine groups is 1. The normalized spacial score (nSPS) is 20.4. The molecule has 110 valence electrons. The lowest BCUT2D eigenvalue weighted by Crippen LogP contribution is -2.43. The summed E-state index contributed by atoms with van der Waals surface area (Å²) >= 11 is 0. The molecule has 1 aromatic heterocycles. The van der Waals surface area contributed by atoms with Crippen molar-refractivity contribution in [2.24, 2.45) is 12.0 Å². The number of aliphatic imine (C=N–C) groups is 1. The van der Waals surface area contributed by atoms with Crippen LogP contribution in [0, 0.1) is 6.92 Å². The molecule has 0 spiro atoms. The van der Waals surface area contributed by atoms with Crippen molar-refractivity contribution < 1.29 is 0 Å². The average molecular weight is 276 g/mol. The number of hydrogen-bond donors (Lipinski definition) is 2. The van der Waals surface area contributed by atoms with Gasteiger partial charge in [0.1, 0.15) is 12.4 Å². The summed E-state index contributed by atoms with van der Waals surface area (Å²) in [7, 11) is 1.98. The van der Waals surface area contributed by atoms with E-state index in [9.17, 15) is 0 Å². The van der Waals surface area contributed by atoms with Crippen molar-refractivity contribution in [1.82, 2.24) is 25.4 Å². The number of aromatic nitrogens is 3. The molecule has 0 unspecified atom stereocenters. The Morgan fingerprint density at radius 1 is 1.15 bits per heavy atom. The summed E-state index contributed by atoms with van der Waals surface area (Å²) < 4.78 is 1.99. The molecule has 2 saturated carbocycles. The number of nitrogens with zero attached hydrogens (tertiary/aromatic N) is 4. The maximum Gasteiger partial charge on any atom is 0.192 e. The highest BCUT2D eigenvalue weighted by Gasteiger charge is 2.24. The van der Waals surface area contributed by atoms with Crippen LogP contribution in [-0.4, -0.2) is 32.8 Å². The van der Waals surface area contributed by atoms with Gasteiger partial charge in [0.05, 0.1) is 0 Å². The molecule has 6 nitrogen and oxygen atoms in total. The fraction of sp³-hybridized carbons (Fsp3) is 0.786. The summed E-state index contributed by atoms with van der Waals surface area (Å²) in [5.41, 5.74) is 0. The lowest BCUT2D eigenvalue weighted by Gasteiger charge is -2.17. The van der Waals surface area contributed by atoms with Crippen molar-refractivity contribution in [3.63, 3.8) is 0 Å². The molecule has 3 rings (SSSR count). The molecule has 20 heavy (non-hydrogen) atoms. The molecule has 0 saturated heterocycles. The van der Waals surface area contributed by atoms with Gasteiger partial charge in [0.15, 0.2) is 11.8 Å². The van der Waals surface area contributed by atoms with Crippen LogP contribution >= 0.6 is 0 Å². The molecular formula is C14H24N6. The Hall–Kier alpha value is -1.59. The summed E-state index contributed by atoms with van der Waals surface area (Å²) in [4.78, 5) is 4.68. The van der Waals surface area contributed by atoms with Gasteiger partial charge in [-0.15, -0.1) is 10.2 Å². The summed E-state index contributed by atoms with van der Waals surface area (Å²) in [6.07, 6.45) is 7.69. The Morgan fingerprint density at radius 3 is 2.35 bits per heavy atom. The molecule has 0 amide bonds. The topological polar surface area (TPSA) is 67.1 Å². The summed E-state index contributed by atoms with van der Waals surface area (Å²) in [6.45, 7) is 2.53. The molecule has 2 aliphatic carbocycles. The highest BCUT2D eigenvalue weighted by Crippen LogP contribution is 2.20. The minimum Gasteiger partial charge on any atom is -0.354 e. The smallest absolute Gasteiger partial charge is 0.192 e. The first kappa shape index (κ1) is 13.4. The lowest BCUT2D eigenvalue weighted by molar-refractivity contribution is 0.609. The molecule has 2 fully saturated rings. The van der Waals surface area contributed by atoms with E-state index in [1.807, 2.05) is 18.5 Å². The second kappa shape index (κ2) is 5.81. The van der Waals surface area contributed by atoms with Gasteiger partial charge >= 0.3 is 0 Å². The van der Waals surface area contributed by atoms with E-state index in [1.165, 1.54) is 38.5 Å². The zero-order valence-corrected chi connectivity index (χ0v) is 12.4. The van der Waals surface area contributed by atoms with Crippen LogP contribution in [0.2, 0.25) is 0 Å². The van der Waals surface area contributed by atoms with E-state index in [1.54, 1.807) is 0 Å². The first-order chi connectivity index (χ1) is 9.72. The molecule has 6 heteroatoms. The Bertz CT molecular complexity index is 482. The average Bonchev–Trinajstić information content (AvgIpc) is 2.99. The van der Waals surface area contributed by atoms with Gasteiger partial charge in [-0.1, -0.05) is 12.8 Å². The molecule has 0 aromatic carbocycles.